The summed E-state index contributed by atoms with van der Waals surface area (Å²) < 4.78 is 16.1. The number of carbonyl (C=O) groups is 1. The van der Waals surface area contributed by atoms with Gasteiger partial charge in [0.05, 0.1) is 27.0 Å². The Kier molecular flexibility index (Phi) is 6.47. The molecule has 0 aliphatic carbocycles. The van der Waals surface area contributed by atoms with E-state index in [2.05, 4.69) is 10.2 Å². The number of nitrogens with zero attached hydrogens (tertiary/aromatic N) is 2. The second-order valence-electron chi connectivity index (χ2n) is 6.48. The minimum absolute atomic E-state index is 0.0665. The lowest BCUT2D eigenvalue weighted by Crippen LogP contribution is -2.51. The van der Waals surface area contributed by atoms with E-state index in [1.807, 2.05) is 47.4 Å². The molecule has 2 aromatic carbocycles. The zero-order valence-corrected chi connectivity index (χ0v) is 16.6. The lowest BCUT2D eigenvalue weighted by atomic mass is 10.2. The van der Waals surface area contributed by atoms with E-state index in [4.69, 9.17) is 14.2 Å². The first kappa shape index (κ1) is 19.7. The number of amides is 2. The highest BCUT2D eigenvalue weighted by Crippen LogP contribution is 2.32. The van der Waals surface area contributed by atoms with E-state index < -0.39 is 0 Å². The molecule has 3 rings (SSSR count). The van der Waals surface area contributed by atoms with Crippen molar-refractivity contribution < 1.29 is 19.0 Å². The second kappa shape index (κ2) is 9.21. The normalized spacial score (nSPS) is 13.8. The van der Waals surface area contributed by atoms with Crippen LogP contribution in [0.1, 0.15) is 5.56 Å². The van der Waals surface area contributed by atoms with Crippen LogP contribution in [0.4, 0.5) is 10.5 Å². The molecule has 0 atom stereocenters. The van der Waals surface area contributed by atoms with Gasteiger partial charge in [-0.3, -0.25) is 0 Å². The molecule has 1 saturated heterocycles. The van der Waals surface area contributed by atoms with Gasteiger partial charge in [0.1, 0.15) is 17.2 Å². The molecule has 0 saturated carbocycles. The number of carbonyl (C=O) groups excluding carboxylic acids is 1. The third kappa shape index (κ3) is 4.42. The minimum Gasteiger partial charge on any atom is -0.497 e. The quantitative estimate of drug-likeness (QED) is 0.828. The number of rotatable bonds is 6. The van der Waals surface area contributed by atoms with E-state index in [0.717, 1.165) is 41.6 Å². The molecule has 1 fully saturated rings. The number of para-hydroxylation sites is 1. The van der Waals surface area contributed by atoms with Crippen LogP contribution < -0.4 is 24.4 Å². The van der Waals surface area contributed by atoms with Gasteiger partial charge in [-0.15, -0.1) is 0 Å². The summed E-state index contributed by atoms with van der Waals surface area (Å²) in [7, 11) is 4.94. The molecular formula is C21H27N3O4. The molecule has 1 aliphatic rings. The average molecular weight is 385 g/mol. The summed E-state index contributed by atoms with van der Waals surface area (Å²) in [5.74, 6) is 2.36. The molecule has 1 aliphatic heterocycles. The molecule has 7 nitrogen and oxygen atoms in total. The maximum absolute atomic E-state index is 12.5. The minimum atomic E-state index is -0.0665. The molecule has 1 heterocycles. The fourth-order valence-corrected chi connectivity index (χ4v) is 3.33. The van der Waals surface area contributed by atoms with Crippen LogP contribution in [0, 0.1) is 0 Å². The van der Waals surface area contributed by atoms with Crippen molar-refractivity contribution >= 4 is 11.7 Å². The van der Waals surface area contributed by atoms with Crippen molar-refractivity contribution in [2.24, 2.45) is 0 Å². The van der Waals surface area contributed by atoms with Crippen LogP contribution in [0.15, 0.2) is 42.5 Å². The average Bonchev–Trinajstić information content (AvgIpc) is 2.77. The number of hydrogen-bond donors (Lipinski definition) is 1. The Morgan fingerprint density at radius 1 is 0.929 bits per heavy atom. The van der Waals surface area contributed by atoms with Crippen LogP contribution in [0.25, 0.3) is 0 Å². The number of piperazine rings is 1. The SMILES string of the molecule is COc1ccc(OC)c(N2CCN(C(=O)NCc3ccccc3OC)CC2)c1. The highest BCUT2D eigenvalue weighted by atomic mass is 16.5. The zero-order chi connectivity index (χ0) is 19.9. The third-order valence-corrected chi connectivity index (χ3v) is 4.92. The number of methoxy groups -OCH3 is 3. The van der Waals surface area contributed by atoms with Crippen molar-refractivity contribution in [3.05, 3.63) is 48.0 Å². The van der Waals surface area contributed by atoms with Crippen molar-refractivity contribution in [1.29, 1.82) is 0 Å². The van der Waals surface area contributed by atoms with Gasteiger partial charge in [0.25, 0.3) is 0 Å². The molecule has 2 aromatic rings. The van der Waals surface area contributed by atoms with Crippen LogP contribution in [0.5, 0.6) is 17.2 Å². The van der Waals surface area contributed by atoms with Gasteiger partial charge in [-0.25, -0.2) is 4.79 Å². The first-order chi connectivity index (χ1) is 13.7. The van der Waals surface area contributed by atoms with Crippen LogP contribution in [0.2, 0.25) is 0 Å². The van der Waals surface area contributed by atoms with Gasteiger partial charge < -0.3 is 29.3 Å². The monoisotopic (exact) mass is 385 g/mol. The lowest BCUT2D eigenvalue weighted by molar-refractivity contribution is 0.193. The Bertz CT molecular complexity index is 804. The smallest absolute Gasteiger partial charge is 0.317 e. The van der Waals surface area contributed by atoms with E-state index in [1.54, 1.807) is 21.3 Å². The van der Waals surface area contributed by atoms with Crippen molar-refractivity contribution in [3.8, 4) is 17.2 Å². The molecule has 2 amide bonds. The molecule has 150 valence electrons. The molecule has 7 heteroatoms. The van der Waals surface area contributed by atoms with E-state index >= 15 is 0 Å². The summed E-state index contributed by atoms with van der Waals surface area (Å²) in [6.45, 7) is 3.17. The third-order valence-electron chi connectivity index (χ3n) is 4.92. The topological polar surface area (TPSA) is 63.3 Å². The van der Waals surface area contributed by atoms with Gasteiger partial charge in [0.15, 0.2) is 0 Å². The highest BCUT2D eigenvalue weighted by molar-refractivity contribution is 5.75. The van der Waals surface area contributed by atoms with Crippen molar-refractivity contribution in [1.82, 2.24) is 10.2 Å². The molecule has 28 heavy (non-hydrogen) atoms. The maximum atomic E-state index is 12.5. The maximum Gasteiger partial charge on any atom is 0.317 e. The largest absolute Gasteiger partial charge is 0.497 e. The molecule has 0 bridgehead atoms. The molecular weight excluding hydrogens is 358 g/mol. The fourth-order valence-electron chi connectivity index (χ4n) is 3.33. The van der Waals surface area contributed by atoms with Crippen molar-refractivity contribution in [2.75, 3.05) is 52.4 Å². The number of hydrogen-bond acceptors (Lipinski definition) is 5. The Labute approximate surface area is 165 Å². The highest BCUT2D eigenvalue weighted by Gasteiger charge is 2.23. The number of ether oxygens (including phenoxy) is 3. The summed E-state index contributed by atoms with van der Waals surface area (Å²) in [5, 5.41) is 2.98. The van der Waals surface area contributed by atoms with Crippen molar-refractivity contribution in [2.45, 2.75) is 6.54 Å². The predicted molar refractivity (Wildman–Crippen MR) is 109 cm³/mol. The zero-order valence-electron chi connectivity index (χ0n) is 16.6. The van der Waals surface area contributed by atoms with Crippen LogP contribution >= 0.6 is 0 Å². The number of benzene rings is 2. The van der Waals surface area contributed by atoms with Gasteiger partial charge in [0.2, 0.25) is 0 Å². The van der Waals surface area contributed by atoms with Gasteiger partial charge in [-0.05, 0) is 18.2 Å². The summed E-state index contributed by atoms with van der Waals surface area (Å²) >= 11 is 0. The molecule has 0 radical (unpaired) electrons. The van der Waals surface area contributed by atoms with E-state index in [9.17, 15) is 4.79 Å². The molecule has 0 spiro atoms. The van der Waals surface area contributed by atoms with E-state index in [-0.39, 0.29) is 6.03 Å². The van der Waals surface area contributed by atoms with Gasteiger partial charge in [0, 0.05) is 44.4 Å². The summed E-state index contributed by atoms with van der Waals surface area (Å²) in [4.78, 5) is 16.6. The van der Waals surface area contributed by atoms with Crippen LogP contribution in [-0.4, -0.2) is 58.4 Å². The Morgan fingerprint density at radius 2 is 1.64 bits per heavy atom. The Balaban J connectivity index is 1.57. The summed E-state index contributed by atoms with van der Waals surface area (Å²) in [5.41, 5.74) is 1.94. The van der Waals surface area contributed by atoms with Gasteiger partial charge >= 0.3 is 6.03 Å². The molecule has 0 unspecified atom stereocenters. The lowest BCUT2D eigenvalue weighted by Gasteiger charge is -2.36. The van der Waals surface area contributed by atoms with E-state index in [0.29, 0.717) is 19.6 Å². The Morgan fingerprint density at radius 3 is 2.32 bits per heavy atom. The van der Waals surface area contributed by atoms with Gasteiger partial charge in [-0.2, -0.15) is 0 Å². The first-order valence-electron chi connectivity index (χ1n) is 9.28. The van der Waals surface area contributed by atoms with Crippen LogP contribution in [-0.2, 0) is 6.54 Å². The second-order valence-corrected chi connectivity index (χ2v) is 6.48. The first-order valence-corrected chi connectivity index (χ1v) is 9.28. The van der Waals surface area contributed by atoms with Crippen LogP contribution in [0.3, 0.4) is 0 Å². The van der Waals surface area contributed by atoms with E-state index in [1.165, 1.54) is 0 Å². The van der Waals surface area contributed by atoms with Crippen molar-refractivity contribution in [3.63, 3.8) is 0 Å². The summed E-state index contributed by atoms with van der Waals surface area (Å²) in [6, 6.07) is 13.4. The standard InChI is InChI=1S/C21H27N3O4/c1-26-17-8-9-20(28-3)18(14-17)23-10-12-24(13-11-23)21(25)22-15-16-6-4-5-7-19(16)27-2/h4-9,14H,10-13,15H2,1-3H3,(H,22,25). The van der Waals surface area contributed by atoms with Gasteiger partial charge in [-0.1, -0.05) is 18.2 Å². The summed E-state index contributed by atoms with van der Waals surface area (Å²) in [6.07, 6.45) is 0. The predicted octanol–water partition coefficient (Wildman–Crippen LogP) is 2.74. The fraction of sp³-hybridized carbons (Fsp3) is 0.381. The Hall–Kier alpha value is -3.09. The number of anilines is 1. The molecule has 1 N–H and O–H groups in total. The number of nitrogens with one attached hydrogen (secondary N) is 1. The number of urea groups is 1. The molecule has 0 aromatic heterocycles.